The summed E-state index contributed by atoms with van der Waals surface area (Å²) in [6.07, 6.45) is 1.54. The summed E-state index contributed by atoms with van der Waals surface area (Å²) >= 11 is 0. The molecule has 0 saturated heterocycles. The Balaban J connectivity index is 1.75. The van der Waals surface area contributed by atoms with Gasteiger partial charge in [0.1, 0.15) is 11.5 Å². The molecule has 0 fully saturated rings. The fraction of sp³-hybridized carbons (Fsp3) is 0.133. The van der Waals surface area contributed by atoms with E-state index >= 15 is 0 Å². The second-order valence-corrected chi connectivity index (χ2v) is 4.59. The topological polar surface area (TPSA) is 77.8 Å². The van der Waals surface area contributed by atoms with Gasteiger partial charge in [0.05, 0.1) is 6.20 Å². The van der Waals surface area contributed by atoms with Crippen molar-refractivity contribution < 1.29 is 8.91 Å². The maximum atomic E-state index is 12.8. The Labute approximate surface area is 120 Å². The van der Waals surface area contributed by atoms with Crippen molar-refractivity contribution in [3.63, 3.8) is 0 Å². The number of rotatable bonds is 4. The molecule has 0 aliphatic carbocycles. The lowest BCUT2D eigenvalue weighted by Crippen LogP contribution is -2.13. The van der Waals surface area contributed by atoms with Gasteiger partial charge in [-0.05, 0) is 17.7 Å². The average molecular weight is 284 g/mol. The van der Waals surface area contributed by atoms with Crippen LogP contribution in [-0.4, -0.2) is 15.1 Å². The molecule has 6 heteroatoms. The Morgan fingerprint density at radius 1 is 1.14 bits per heavy atom. The summed E-state index contributed by atoms with van der Waals surface area (Å²) in [5.74, 6) is 0.339. The predicted octanol–water partition coefficient (Wildman–Crippen LogP) is 2.51. The molecule has 0 amide bonds. The van der Waals surface area contributed by atoms with E-state index in [1.54, 1.807) is 0 Å². The highest BCUT2D eigenvalue weighted by Gasteiger charge is 2.14. The van der Waals surface area contributed by atoms with E-state index in [1.165, 1.54) is 12.1 Å². The van der Waals surface area contributed by atoms with Gasteiger partial charge in [0.25, 0.3) is 0 Å². The van der Waals surface area contributed by atoms with Gasteiger partial charge in [-0.15, -0.1) is 0 Å². The Bertz CT molecular complexity index is 712. The number of hydrogen-bond acceptors (Lipinski definition) is 5. The van der Waals surface area contributed by atoms with Gasteiger partial charge in [-0.2, -0.15) is 4.98 Å². The molecule has 1 atom stereocenters. The summed E-state index contributed by atoms with van der Waals surface area (Å²) in [6.45, 7) is 0. The first-order valence-corrected chi connectivity index (χ1v) is 6.47. The summed E-state index contributed by atoms with van der Waals surface area (Å²) in [4.78, 5) is 8.14. The van der Waals surface area contributed by atoms with E-state index < -0.39 is 5.82 Å². The van der Waals surface area contributed by atoms with Crippen molar-refractivity contribution >= 4 is 0 Å². The molecule has 0 aliphatic heterocycles. The highest BCUT2D eigenvalue weighted by Crippen LogP contribution is 2.17. The standard InChI is InChI=1S/C15H13FN4O/c16-11-6-7-13(18-9-11)15-19-14(21-20-15)8-12(17)10-4-2-1-3-5-10/h1-7,9,12H,8,17H2. The van der Waals surface area contributed by atoms with Crippen LogP contribution in [0, 0.1) is 5.82 Å². The van der Waals surface area contributed by atoms with Gasteiger partial charge in [0.15, 0.2) is 0 Å². The minimum atomic E-state index is -0.409. The third kappa shape index (κ3) is 3.11. The summed E-state index contributed by atoms with van der Waals surface area (Å²) in [7, 11) is 0. The Morgan fingerprint density at radius 3 is 2.67 bits per heavy atom. The molecule has 0 spiro atoms. The first-order valence-electron chi connectivity index (χ1n) is 6.47. The van der Waals surface area contributed by atoms with Gasteiger partial charge >= 0.3 is 0 Å². The van der Waals surface area contributed by atoms with Crippen molar-refractivity contribution in [2.45, 2.75) is 12.5 Å². The number of pyridine rings is 1. The van der Waals surface area contributed by atoms with Crippen LogP contribution < -0.4 is 5.73 Å². The number of aromatic nitrogens is 3. The van der Waals surface area contributed by atoms with Crippen molar-refractivity contribution in [2.75, 3.05) is 0 Å². The van der Waals surface area contributed by atoms with E-state index in [0.717, 1.165) is 11.8 Å². The molecule has 5 nitrogen and oxygen atoms in total. The van der Waals surface area contributed by atoms with Gasteiger partial charge in [-0.25, -0.2) is 9.37 Å². The first-order chi connectivity index (χ1) is 10.2. The predicted molar refractivity (Wildman–Crippen MR) is 74.6 cm³/mol. The van der Waals surface area contributed by atoms with Crippen LogP contribution in [0.15, 0.2) is 53.2 Å². The van der Waals surface area contributed by atoms with Gasteiger partial charge in [0.2, 0.25) is 11.7 Å². The molecule has 106 valence electrons. The van der Waals surface area contributed by atoms with E-state index in [2.05, 4.69) is 15.1 Å². The summed E-state index contributed by atoms with van der Waals surface area (Å²) in [5.41, 5.74) is 7.56. The van der Waals surface area contributed by atoms with E-state index in [9.17, 15) is 4.39 Å². The van der Waals surface area contributed by atoms with E-state index in [-0.39, 0.29) is 6.04 Å². The third-order valence-corrected chi connectivity index (χ3v) is 3.05. The van der Waals surface area contributed by atoms with Crippen molar-refractivity contribution in [3.8, 4) is 11.5 Å². The molecule has 1 aromatic carbocycles. The highest BCUT2D eigenvalue weighted by molar-refractivity contribution is 5.47. The maximum Gasteiger partial charge on any atom is 0.228 e. The smallest absolute Gasteiger partial charge is 0.228 e. The summed E-state index contributed by atoms with van der Waals surface area (Å²) in [6, 6.07) is 12.3. The zero-order valence-electron chi connectivity index (χ0n) is 11.1. The second kappa shape index (κ2) is 5.80. The van der Waals surface area contributed by atoms with Gasteiger partial charge in [0, 0.05) is 12.5 Å². The highest BCUT2D eigenvalue weighted by atomic mass is 19.1. The second-order valence-electron chi connectivity index (χ2n) is 4.59. The molecule has 0 aliphatic rings. The van der Waals surface area contributed by atoms with Crippen molar-refractivity contribution in [1.82, 2.24) is 15.1 Å². The zero-order chi connectivity index (χ0) is 14.7. The molecule has 21 heavy (non-hydrogen) atoms. The summed E-state index contributed by atoms with van der Waals surface area (Å²) in [5, 5.41) is 3.84. The SMILES string of the molecule is NC(Cc1nc(-c2ccc(F)cn2)no1)c1ccccc1. The van der Waals surface area contributed by atoms with E-state index in [1.807, 2.05) is 30.3 Å². The largest absolute Gasteiger partial charge is 0.339 e. The lowest BCUT2D eigenvalue weighted by atomic mass is 10.1. The van der Waals surface area contributed by atoms with Crippen LogP contribution >= 0.6 is 0 Å². The van der Waals surface area contributed by atoms with Crippen LogP contribution in [0.1, 0.15) is 17.5 Å². The van der Waals surface area contributed by atoms with E-state index in [4.69, 9.17) is 10.3 Å². The number of nitrogens with zero attached hydrogens (tertiary/aromatic N) is 3. The van der Waals surface area contributed by atoms with Crippen LogP contribution in [0.2, 0.25) is 0 Å². The molecule has 3 rings (SSSR count). The van der Waals surface area contributed by atoms with Crippen LogP contribution in [0.4, 0.5) is 4.39 Å². The van der Waals surface area contributed by atoms with E-state index in [0.29, 0.717) is 23.8 Å². The molecule has 0 radical (unpaired) electrons. The molecule has 2 heterocycles. The number of nitrogens with two attached hydrogens (primary N) is 1. The van der Waals surface area contributed by atoms with Gasteiger partial charge in [-0.3, -0.25) is 0 Å². The fourth-order valence-electron chi connectivity index (χ4n) is 1.96. The van der Waals surface area contributed by atoms with Crippen LogP contribution in [0.5, 0.6) is 0 Å². The summed E-state index contributed by atoms with van der Waals surface area (Å²) < 4.78 is 18.0. The normalized spacial score (nSPS) is 12.3. The van der Waals surface area contributed by atoms with Gasteiger partial charge < -0.3 is 10.3 Å². The van der Waals surface area contributed by atoms with Crippen molar-refractivity contribution in [1.29, 1.82) is 0 Å². The number of hydrogen-bond donors (Lipinski definition) is 1. The monoisotopic (exact) mass is 284 g/mol. The van der Waals surface area contributed by atoms with Crippen LogP contribution in [0.25, 0.3) is 11.5 Å². The molecular formula is C15H13FN4O. The molecule has 2 N–H and O–H groups in total. The minimum absolute atomic E-state index is 0.222. The molecule has 0 saturated carbocycles. The van der Waals surface area contributed by atoms with Crippen molar-refractivity contribution in [2.24, 2.45) is 5.73 Å². The Kier molecular flexibility index (Phi) is 3.70. The van der Waals surface area contributed by atoms with Crippen molar-refractivity contribution in [3.05, 3.63) is 65.9 Å². The number of halogens is 1. The zero-order valence-corrected chi connectivity index (χ0v) is 11.1. The number of benzene rings is 1. The lowest BCUT2D eigenvalue weighted by molar-refractivity contribution is 0.370. The third-order valence-electron chi connectivity index (χ3n) is 3.05. The van der Waals surface area contributed by atoms with Crippen LogP contribution in [-0.2, 0) is 6.42 Å². The molecule has 0 bridgehead atoms. The van der Waals surface area contributed by atoms with Gasteiger partial charge in [-0.1, -0.05) is 35.5 Å². The quantitative estimate of drug-likeness (QED) is 0.796. The Morgan fingerprint density at radius 2 is 1.95 bits per heavy atom. The maximum absolute atomic E-state index is 12.8. The molecule has 1 unspecified atom stereocenters. The molecular weight excluding hydrogens is 271 g/mol. The average Bonchev–Trinajstić information content (AvgIpc) is 2.97. The lowest BCUT2D eigenvalue weighted by Gasteiger charge is -2.08. The first kappa shape index (κ1) is 13.4. The fourth-order valence-corrected chi connectivity index (χ4v) is 1.96. The van der Waals surface area contributed by atoms with Crippen LogP contribution in [0.3, 0.4) is 0 Å². The minimum Gasteiger partial charge on any atom is -0.339 e. The molecule has 2 aromatic heterocycles. The Hall–Kier alpha value is -2.60. The molecule has 3 aromatic rings.